The molecular weight excluding hydrogens is 394 g/mol. The number of amides is 1. The van der Waals surface area contributed by atoms with Crippen LogP contribution in [0.4, 0.5) is 10.8 Å². The number of anilines is 2. The van der Waals surface area contributed by atoms with Crippen molar-refractivity contribution in [2.45, 2.75) is 6.92 Å². The number of hydrogen-bond donors (Lipinski definition) is 2. The summed E-state index contributed by atoms with van der Waals surface area (Å²) in [7, 11) is 0. The van der Waals surface area contributed by atoms with Crippen LogP contribution in [0.25, 0.3) is 0 Å². The van der Waals surface area contributed by atoms with Crippen LogP contribution in [0.15, 0.2) is 40.7 Å². The smallest absolute Gasteiger partial charge is 0.358 e. The number of hydrogen-bond acceptors (Lipinski definition) is 6. The lowest BCUT2D eigenvalue weighted by molar-refractivity contribution is -0.119. The van der Waals surface area contributed by atoms with Crippen molar-refractivity contribution in [1.82, 2.24) is 4.98 Å². The van der Waals surface area contributed by atoms with Crippen molar-refractivity contribution in [3.63, 3.8) is 0 Å². The van der Waals surface area contributed by atoms with Crippen molar-refractivity contribution in [2.75, 3.05) is 23.8 Å². The summed E-state index contributed by atoms with van der Waals surface area (Å²) in [5.74, 6) is -1.07. The van der Waals surface area contributed by atoms with E-state index in [1.54, 1.807) is 17.5 Å². The summed E-state index contributed by atoms with van der Waals surface area (Å²) >= 11 is 4.65. The fraction of sp³-hybridized carbons (Fsp3) is 0.188. The standard InChI is InChI=1S/C16H16BrN3O3S/c1-3-6-18-16-20-13(9-24-16)15(22)23-8-14(21)19-12-5-4-10(2)7-11(12)17/h3-5,7,9H,1,6,8H2,2H3,(H,18,20)(H,19,21). The molecule has 2 rings (SSSR count). The van der Waals surface area contributed by atoms with E-state index < -0.39 is 11.9 Å². The number of ether oxygens (including phenoxy) is 1. The maximum atomic E-state index is 11.9. The van der Waals surface area contributed by atoms with Crippen molar-refractivity contribution in [1.29, 1.82) is 0 Å². The van der Waals surface area contributed by atoms with E-state index >= 15 is 0 Å². The van der Waals surface area contributed by atoms with E-state index in [9.17, 15) is 9.59 Å². The van der Waals surface area contributed by atoms with Gasteiger partial charge in [-0.2, -0.15) is 0 Å². The maximum absolute atomic E-state index is 11.9. The summed E-state index contributed by atoms with van der Waals surface area (Å²) in [6.07, 6.45) is 1.69. The number of halogens is 1. The Morgan fingerprint density at radius 1 is 1.46 bits per heavy atom. The number of esters is 1. The van der Waals surface area contributed by atoms with Crippen LogP contribution in [-0.2, 0) is 9.53 Å². The zero-order valence-electron chi connectivity index (χ0n) is 13.0. The highest BCUT2D eigenvalue weighted by atomic mass is 79.9. The third-order valence-corrected chi connectivity index (χ3v) is 4.30. The van der Waals surface area contributed by atoms with Crippen LogP contribution >= 0.6 is 27.3 Å². The molecule has 0 fully saturated rings. The molecule has 0 saturated heterocycles. The highest BCUT2D eigenvalue weighted by molar-refractivity contribution is 9.10. The lowest BCUT2D eigenvalue weighted by Crippen LogP contribution is -2.21. The molecule has 1 amide bonds. The van der Waals surface area contributed by atoms with Gasteiger partial charge in [-0.3, -0.25) is 4.79 Å². The first-order valence-corrected chi connectivity index (χ1v) is 8.70. The van der Waals surface area contributed by atoms with Gasteiger partial charge in [0.1, 0.15) is 0 Å². The average Bonchev–Trinajstić information content (AvgIpc) is 3.02. The second-order valence-electron chi connectivity index (χ2n) is 4.82. The van der Waals surface area contributed by atoms with Gasteiger partial charge in [-0.1, -0.05) is 12.1 Å². The second kappa shape index (κ2) is 8.60. The van der Waals surface area contributed by atoms with Crippen molar-refractivity contribution >= 4 is 50.0 Å². The first kappa shape index (κ1) is 18.2. The van der Waals surface area contributed by atoms with Gasteiger partial charge in [-0.25, -0.2) is 9.78 Å². The van der Waals surface area contributed by atoms with Gasteiger partial charge in [-0.15, -0.1) is 17.9 Å². The fourth-order valence-electron chi connectivity index (χ4n) is 1.72. The van der Waals surface area contributed by atoms with Crippen LogP contribution in [0.3, 0.4) is 0 Å². The molecule has 24 heavy (non-hydrogen) atoms. The van der Waals surface area contributed by atoms with Crippen LogP contribution in [0.1, 0.15) is 16.1 Å². The Labute approximate surface area is 152 Å². The number of rotatable bonds is 7. The molecule has 1 aromatic carbocycles. The Balaban J connectivity index is 1.85. The quantitative estimate of drug-likeness (QED) is 0.539. The molecule has 0 aliphatic rings. The van der Waals surface area contributed by atoms with Gasteiger partial charge in [-0.05, 0) is 40.5 Å². The van der Waals surface area contributed by atoms with Crippen molar-refractivity contribution < 1.29 is 14.3 Å². The fourth-order valence-corrected chi connectivity index (χ4v) is 3.00. The molecule has 0 bridgehead atoms. The third kappa shape index (κ3) is 5.17. The summed E-state index contributed by atoms with van der Waals surface area (Å²) < 4.78 is 5.74. The molecule has 2 N–H and O–H groups in total. The minimum Gasteiger partial charge on any atom is -0.451 e. The molecule has 1 heterocycles. The van der Waals surface area contributed by atoms with E-state index in [0.29, 0.717) is 17.4 Å². The normalized spacial score (nSPS) is 10.1. The molecule has 8 heteroatoms. The molecule has 0 aliphatic carbocycles. The van der Waals surface area contributed by atoms with E-state index in [-0.39, 0.29) is 12.3 Å². The Hall–Kier alpha value is -2.19. The summed E-state index contributed by atoms with van der Waals surface area (Å²) in [4.78, 5) is 27.8. The van der Waals surface area contributed by atoms with Gasteiger partial charge >= 0.3 is 5.97 Å². The minimum atomic E-state index is -0.643. The molecule has 2 aromatic rings. The lowest BCUT2D eigenvalue weighted by atomic mass is 10.2. The monoisotopic (exact) mass is 409 g/mol. The van der Waals surface area contributed by atoms with E-state index in [2.05, 4.69) is 38.1 Å². The van der Waals surface area contributed by atoms with Crippen LogP contribution in [0.5, 0.6) is 0 Å². The van der Waals surface area contributed by atoms with Crippen molar-refractivity contribution in [2.24, 2.45) is 0 Å². The van der Waals surface area contributed by atoms with E-state index in [1.807, 2.05) is 19.1 Å². The lowest BCUT2D eigenvalue weighted by Gasteiger charge is -2.08. The van der Waals surface area contributed by atoms with Gasteiger partial charge in [0.2, 0.25) is 0 Å². The van der Waals surface area contributed by atoms with Crippen LogP contribution in [0.2, 0.25) is 0 Å². The number of thiazole rings is 1. The average molecular weight is 410 g/mol. The Morgan fingerprint density at radius 3 is 2.96 bits per heavy atom. The molecule has 6 nitrogen and oxygen atoms in total. The Morgan fingerprint density at radius 2 is 2.25 bits per heavy atom. The summed E-state index contributed by atoms with van der Waals surface area (Å²) in [6.45, 7) is 5.70. The van der Waals surface area contributed by atoms with Gasteiger partial charge in [0.15, 0.2) is 17.4 Å². The Kier molecular flexibility index (Phi) is 6.51. The van der Waals surface area contributed by atoms with Gasteiger partial charge in [0.05, 0.1) is 5.69 Å². The third-order valence-electron chi connectivity index (χ3n) is 2.84. The van der Waals surface area contributed by atoms with Gasteiger partial charge in [0.25, 0.3) is 5.91 Å². The predicted octanol–water partition coefficient (Wildman–Crippen LogP) is 3.61. The van der Waals surface area contributed by atoms with Crippen LogP contribution < -0.4 is 10.6 Å². The molecular formula is C16H16BrN3O3S. The van der Waals surface area contributed by atoms with Gasteiger partial charge in [0, 0.05) is 16.4 Å². The molecule has 0 aliphatic heterocycles. The number of nitrogens with zero attached hydrogens (tertiary/aromatic N) is 1. The minimum absolute atomic E-state index is 0.163. The largest absolute Gasteiger partial charge is 0.451 e. The summed E-state index contributed by atoms with van der Waals surface area (Å²) in [5.41, 5.74) is 1.85. The number of benzene rings is 1. The number of aromatic nitrogens is 1. The van der Waals surface area contributed by atoms with Crippen molar-refractivity contribution in [3.8, 4) is 0 Å². The zero-order chi connectivity index (χ0) is 17.5. The highest BCUT2D eigenvalue weighted by Gasteiger charge is 2.14. The molecule has 126 valence electrons. The molecule has 0 spiro atoms. The molecule has 0 atom stereocenters. The Bertz CT molecular complexity index is 761. The first-order valence-electron chi connectivity index (χ1n) is 7.03. The summed E-state index contributed by atoms with van der Waals surface area (Å²) in [6, 6.07) is 5.53. The number of carbonyl (C=O) groups excluding carboxylic acids is 2. The van der Waals surface area contributed by atoms with E-state index in [1.165, 1.54) is 11.3 Å². The number of carbonyl (C=O) groups is 2. The summed E-state index contributed by atoms with van der Waals surface area (Å²) in [5, 5.41) is 7.81. The van der Waals surface area contributed by atoms with Crippen LogP contribution in [-0.4, -0.2) is 30.0 Å². The second-order valence-corrected chi connectivity index (χ2v) is 6.53. The molecule has 0 unspecified atom stereocenters. The van der Waals surface area contributed by atoms with Crippen molar-refractivity contribution in [3.05, 3.63) is 52.0 Å². The molecule has 0 radical (unpaired) electrons. The molecule has 1 aromatic heterocycles. The maximum Gasteiger partial charge on any atom is 0.358 e. The molecule has 0 saturated carbocycles. The zero-order valence-corrected chi connectivity index (χ0v) is 15.4. The highest BCUT2D eigenvalue weighted by Crippen LogP contribution is 2.23. The van der Waals surface area contributed by atoms with E-state index in [4.69, 9.17) is 4.74 Å². The SMILES string of the molecule is C=CCNc1nc(C(=O)OCC(=O)Nc2ccc(C)cc2Br)cs1. The topological polar surface area (TPSA) is 80.3 Å². The predicted molar refractivity (Wildman–Crippen MR) is 98.6 cm³/mol. The van der Waals surface area contributed by atoms with Crippen LogP contribution in [0, 0.1) is 6.92 Å². The van der Waals surface area contributed by atoms with E-state index in [0.717, 1.165) is 10.0 Å². The first-order chi connectivity index (χ1) is 11.5. The number of aryl methyl sites for hydroxylation is 1. The number of nitrogens with one attached hydrogen (secondary N) is 2. The van der Waals surface area contributed by atoms with Gasteiger partial charge < -0.3 is 15.4 Å².